The molecule has 1 aliphatic rings. The molecule has 19 heavy (non-hydrogen) atoms. The van der Waals surface area contributed by atoms with E-state index in [2.05, 4.69) is 21.0 Å². The molecule has 100 valence electrons. The highest BCUT2D eigenvalue weighted by Gasteiger charge is 2.22. The Morgan fingerprint density at radius 2 is 2.21 bits per heavy atom. The Kier molecular flexibility index (Phi) is 3.22. The van der Waals surface area contributed by atoms with Gasteiger partial charge in [-0.25, -0.2) is 0 Å². The van der Waals surface area contributed by atoms with Gasteiger partial charge in [0.15, 0.2) is 0 Å². The number of hydrogen-bond donors (Lipinski definition) is 1. The lowest BCUT2D eigenvalue weighted by molar-refractivity contribution is 0.301. The largest absolute Gasteiger partial charge is 0.493 e. The second-order valence-electron chi connectivity index (χ2n) is 4.97. The van der Waals surface area contributed by atoms with Gasteiger partial charge in [-0.1, -0.05) is 15.9 Å². The van der Waals surface area contributed by atoms with Gasteiger partial charge in [0.2, 0.25) is 0 Å². The number of nitrogen functional groups attached to an aromatic ring is 1. The molecule has 3 rings (SSSR count). The van der Waals surface area contributed by atoms with E-state index in [0.29, 0.717) is 5.82 Å². The maximum Gasteiger partial charge on any atom is 0.128 e. The van der Waals surface area contributed by atoms with Gasteiger partial charge in [0.25, 0.3) is 0 Å². The highest BCUT2D eigenvalue weighted by Crippen LogP contribution is 2.35. The first kappa shape index (κ1) is 12.5. The third kappa shape index (κ3) is 2.76. The first-order valence-electron chi connectivity index (χ1n) is 6.36. The zero-order chi connectivity index (χ0) is 13.4. The number of anilines is 1. The molecule has 2 aromatic rings. The average Bonchev–Trinajstić information content (AvgIpc) is 3.14. The molecule has 0 unspecified atom stereocenters. The fraction of sp³-hybridized carbons (Fsp3) is 0.357. The van der Waals surface area contributed by atoms with Crippen LogP contribution in [0.25, 0.3) is 11.3 Å². The van der Waals surface area contributed by atoms with E-state index < -0.39 is 0 Å². The predicted molar refractivity (Wildman–Crippen MR) is 79.0 cm³/mol. The van der Waals surface area contributed by atoms with E-state index in [9.17, 15) is 0 Å². The van der Waals surface area contributed by atoms with Gasteiger partial charge in [-0.2, -0.15) is 5.10 Å². The predicted octanol–water partition coefficient (Wildman–Crippen LogP) is 3.22. The van der Waals surface area contributed by atoms with Crippen LogP contribution in [0.3, 0.4) is 0 Å². The number of halogens is 1. The van der Waals surface area contributed by atoms with E-state index in [1.807, 2.05) is 31.3 Å². The number of nitrogens with zero attached hydrogens (tertiary/aromatic N) is 2. The Morgan fingerprint density at radius 1 is 1.42 bits per heavy atom. The lowest BCUT2D eigenvalue weighted by Gasteiger charge is -2.10. The van der Waals surface area contributed by atoms with Crippen LogP contribution in [-0.2, 0) is 7.05 Å². The highest BCUT2D eigenvalue weighted by atomic mass is 79.9. The molecule has 1 aliphatic carbocycles. The van der Waals surface area contributed by atoms with Crippen molar-refractivity contribution in [2.45, 2.75) is 12.8 Å². The maximum absolute atomic E-state index is 5.91. The smallest absolute Gasteiger partial charge is 0.128 e. The monoisotopic (exact) mass is 321 g/mol. The Morgan fingerprint density at radius 3 is 2.84 bits per heavy atom. The lowest BCUT2D eigenvalue weighted by Crippen LogP contribution is -2.00. The number of benzene rings is 1. The van der Waals surface area contributed by atoms with Gasteiger partial charge in [0, 0.05) is 23.2 Å². The molecule has 1 aromatic carbocycles. The molecule has 1 saturated carbocycles. The van der Waals surface area contributed by atoms with Gasteiger partial charge >= 0.3 is 0 Å². The normalized spacial score (nSPS) is 14.6. The minimum absolute atomic E-state index is 0.642. The molecular formula is C14H16BrN3O. The summed E-state index contributed by atoms with van der Waals surface area (Å²) < 4.78 is 8.58. The second kappa shape index (κ2) is 4.89. The second-order valence-corrected chi connectivity index (χ2v) is 5.89. The van der Waals surface area contributed by atoms with Gasteiger partial charge in [0.1, 0.15) is 11.6 Å². The molecule has 0 bridgehead atoms. The molecule has 0 radical (unpaired) electrons. The summed E-state index contributed by atoms with van der Waals surface area (Å²) in [6, 6.07) is 7.85. The number of aromatic nitrogens is 2. The maximum atomic E-state index is 5.91. The molecule has 5 heteroatoms. The summed E-state index contributed by atoms with van der Waals surface area (Å²) in [4.78, 5) is 0. The van der Waals surface area contributed by atoms with Gasteiger partial charge < -0.3 is 10.5 Å². The topological polar surface area (TPSA) is 53.1 Å². The summed E-state index contributed by atoms with van der Waals surface area (Å²) in [7, 11) is 1.83. The van der Waals surface area contributed by atoms with Crippen LogP contribution >= 0.6 is 15.9 Å². The van der Waals surface area contributed by atoms with E-state index in [4.69, 9.17) is 10.5 Å². The number of hydrogen-bond acceptors (Lipinski definition) is 3. The van der Waals surface area contributed by atoms with Crippen LogP contribution in [0.4, 0.5) is 5.82 Å². The number of nitrogens with two attached hydrogens (primary N) is 1. The van der Waals surface area contributed by atoms with E-state index in [-0.39, 0.29) is 0 Å². The van der Waals surface area contributed by atoms with E-state index in [1.165, 1.54) is 12.8 Å². The van der Waals surface area contributed by atoms with Crippen molar-refractivity contribution >= 4 is 21.7 Å². The quantitative estimate of drug-likeness (QED) is 0.940. The van der Waals surface area contributed by atoms with Crippen molar-refractivity contribution < 1.29 is 4.74 Å². The Labute approximate surface area is 120 Å². The van der Waals surface area contributed by atoms with Crippen molar-refractivity contribution in [3.63, 3.8) is 0 Å². The van der Waals surface area contributed by atoms with Crippen LogP contribution in [0.2, 0.25) is 0 Å². The minimum atomic E-state index is 0.642. The van der Waals surface area contributed by atoms with Crippen LogP contribution in [0.15, 0.2) is 28.7 Å². The highest BCUT2D eigenvalue weighted by molar-refractivity contribution is 9.10. The molecule has 4 nitrogen and oxygen atoms in total. The molecule has 1 aromatic heterocycles. The fourth-order valence-electron chi connectivity index (χ4n) is 1.93. The van der Waals surface area contributed by atoms with Crippen LogP contribution in [0, 0.1) is 5.92 Å². The summed E-state index contributed by atoms with van der Waals surface area (Å²) in [6.45, 7) is 0.789. The number of ether oxygens (including phenoxy) is 1. The van der Waals surface area contributed by atoms with Gasteiger partial charge in [-0.3, -0.25) is 4.68 Å². The van der Waals surface area contributed by atoms with Crippen molar-refractivity contribution in [1.82, 2.24) is 9.78 Å². The summed E-state index contributed by atoms with van der Waals surface area (Å²) in [6.07, 6.45) is 2.56. The third-order valence-electron chi connectivity index (χ3n) is 3.31. The van der Waals surface area contributed by atoms with Crippen molar-refractivity contribution in [1.29, 1.82) is 0 Å². The standard InChI is InChI=1S/C14H16BrN3O/c1-18-14(16)7-12(17-18)11-6-10(15)4-5-13(11)19-8-9-2-3-9/h4-7,9H,2-3,8,16H2,1H3. The fourth-order valence-corrected chi connectivity index (χ4v) is 2.29. The van der Waals surface area contributed by atoms with Crippen LogP contribution < -0.4 is 10.5 Å². The Hall–Kier alpha value is -1.49. The molecular weight excluding hydrogens is 306 g/mol. The summed E-state index contributed by atoms with van der Waals surface area (Å²) in [5.41, 5.74) is 7.66. The van der Waals surface area contributed by atoms with E-state index in [0.717, 1.165) is 34.0 Å². The number of rotatable bonds is 4. The summed E-state index contributed by atoms with van der Waals surface area (Å²) >= 11 is 3.49. The molecule has 0 spiro atoms. The van der Waals surface area contributed by atoms with Gasteiger partial charge in [-0.05, 0) is 37.0 Å². The van der Waals surface area contributed by atoms with Crippen LogP contribution in [0.1, 0.15) is 12.8 Å². The summed E-state index contributed by atoms with van der Waals surface area (Å²) in [5.74, 6) is 2.24. The van der Waals surface area contributed by atoms with Crippen LogP contribution in [0.5, 0.6) is 5.75 Å². The number of aryl methyl sites for hydroxylation is 1. The first-order valence-corrected chi connectivity index (χ1v) is 7.15. The minimum Gasteiger partial charge on any atom is -0.493 e. The van der Waals surface area contributed by atoms with E-state index in [1.54, 1.807) is 4.68 Å². The molecule has 1 heterocycles. The SMILES string of the molecule is Cn1nc(-c2cc(Br)ccc2OCC2CC2)cc1N. The van der Waals surface area contributed by atoms with Crippen molar-refractivity contribution in [3.05, 3.63) is 28.7 Å². The van der Waals surface area contributed by atoms with Crippen molar-refractivity contribution in [2.24, 2.45) is 13.0 Å². The average molecular weight is 322 g/mol. The molecule has 0 saturated heterocycles. The zero-order valence-corrected chi connectivity index (χ0v) is 12.4. The lowest BCUT2D eigenvalue weighted by atomic mass is 10.1. The molecule has 2 N–H and O–H groups in total. The third-order valence-corrected chi connectivity index (χ3v) is 3.80. The van der Waals surface area contributed by atoms with Crippen LogP contribution in [-0.4, -0.2) is 16.4 Å². The van der Waals surface area contributed by atoms with Crippen molar-refractivity contribution in [3.8, 4) is 17.0 Å². The zero-order valence-electron chi connectivity index (χ0n) is 10.8. The molecule has 0 atom stereocenters. The first-order chi connectivity index (χ1) is 9.13. The van der Waals surface area contributed by atoms with Gasteiger partial charge in [0.05, 0.1) is 12.3 Å². The molecule has 0 aliphatic heterocycles. The Bertz CT molecular complexity index is 585. The summed E-state index contributed by atoms with van der Waals surface area (Å²) in [5, 5.41) is 4.42. The molecule has 1 fully saturated rings. The Balaban J connectivity index is 1.94. The van der Waals surface area contributed by atoms with E-state index >= 15 is 0 Å². The van der Waals surface area contributed by atoms with Crippen molar-refractivity contribution in [2.75, 3.05) is 12.3 Å². The molecule has 0 amide bonds. The van der Waals surface area contributed by atoms with Gasteiger partial charge in [-0.15, -0.1) is 0 Å².